The van der Waals surface area contributed by atoms with E-state index in [1.807, 2.05) is 12.2 Å². The summed E-state index contributed by atoms with van der Waals surface area (Å²) in [5, 5.41) is 50.1. The summed E-state index contributed by atoms with van der Waals surface area (Å²) in [6.45, 7) is -1.23. The molecule has 15 nitrogen and oxygen atoms in total. The van der Waals surface area contributed by atoms with Gasteiger partial charge in [-0.3, -0.25) is 15.2 Å². The van der Waals surface area contributed by atoms with Crippen LogP contribution in [0, 0.1) is 11.8 Å². The van der Waals surface area contributed by atoms with Crippen LogP contribution in [0.3, 0.4) is 0 Å². The van der Waals surface area contributed by atoms with Crippen molar-refractivity contribution < 1.29 is 77.1 Å². The second kappa shape index (κ2) is 22.5. The molecule has 18 heteroatoms. The van der Waals surface area contributed by atoms with E-state index in [2.05, 4.69) is 10.2 Å². The Hall–Kier alpha value is -4.82. The molecule has 6 N–H and O–H groups in total. The molecule has 55 heavy (non-hydrogen) atoms. The number of carbonyl (C=O) groups excluding carboxylic acids is 3. The number of methoxy groups -OCH3 is 1. The van der Waals surface area contributed by atoms with Crippen molar-refractivity contribution in [2.75, 3.05) is 33.5 Å². The van der Waals surface area contributed by atoms with Gasteiger partial charge in [0.25, 0.3) is 0 Å². The molecule has 1 fully saturated rings. The van der Waals surface area contributed by atoms with E-state index < -0.39 is 59.8 Å². The Labute approximate surface area is 314 Å². The zero-order valence-corrected chi connectivity index (χ0v) is 29.8. The van der Waals surface area contributed by atoms with Gasteiger partial charge < -0.3 is 39.6 Å². The fourth-order valence-corrected chi connectivity index (χ4v) is 5.48. The van der Waals surface area contributed by atoms with E-state index in [0.717, 1.165) is 18.2 Å². The number of nitrogens with one attached hydrogen (secondary N) is 1. The largest absolute Gasteiger partial charge is 0.493 e. The lowest BCUT2D eigenvalue weighted by Crippen LogP contribution is -2.31. The molecule has 302 valence electrons. The number of alkyl halides is 3. The van der Waals surface area contributed by atoms with Gasteiger partial charge in [-0.05, 0) is 67.2 Å². The standard InChI is InChI=1S/C37H45F3N2O13/c1-51-33-19-24(12-16-35(47)52-17-18-54-42(49)50)11-15-32(33)55-36(48)22-41-34(46)10-5-3-2-4-9-28-29(31(45)21-30(28)44)14-13-26(43)23-53-27-8-6-7-25(20-27)37(38,39)40/h2,4,6-8,11-16,19-20,26,28-31,43-45,49-50H,3,5,9-10,17-18,21-23H2,1H3,(H,41,46)/b4-2-,14-13+,16-12+/t26-,28-,29-,30+,31-/m1/s1. The molecule has 0 aliphatic heterocycles. The van der Waals surface area contributed by atoms with Gasteiger partial charge in [-0.15, -0.1) is 0 Å². The average Bonchev–Trinajstić information content (AvgIpc) is 3.41. The number of hydrogen-bond donors (Lipinski definition) is 6. The van der Waals surface area contributed by atoms with Crippen LogP contribution < -0.4 is 19.5 Å². The molecule has 0 spiro atoms. The van der Waals surface area contributed by atoms with E-state index in [-0.39, 0.29) is 61.7 Å². The van der Waals surface area contributed by atoms with Crippen molar-refractivity contribution in [2.24, 2.45) is 11.8 Å². The maximum absolute atomic E-state index is 12.9. The second-order valence-electron chi connectivity index (χ2n) is 12.2. The molecule has 0 heterocycles. The molecule has 0 bridgehead atoms. The van der Waals surface area contributed by atoms with Crippen LogP contribution in [-0.4, -0.2) is 101 Å². The van der Waals surface area contributed by atoms with Gasteiger partial charge in [0.2, 0.25) is 5.91 Å². The number of rotatable bonds is 21. The fraction of sp³-hybridized carbons (Fsp3) is 0.432. The molecule has 5 atom stereocenters. The monoisotopic (exact) mass is 782 g/mol. The van der Waals surface area contributed by atoms with Crippen LogP contribution in [0.15, 0.2) is 72.8 Å². The maximum atomic E-state index is 12.9. The topological polar surface area (TPSA) is 214 Å². The van der Waals surface area contributed by atoms with Crippen molar-refractivity contribution in [2.45, 2.75) is 56.6 Å². The van der Waals surface area contributed by atoms with Gasteiger partial charge in [0.1, 0.15) is 38.2 Å². The number of benzene rings is 2. The van der Waals surface area contributed by atoms with Crippen LogP contribution in [0.4, 0.5) is 13.2 Å². The number of allylic oxidation sites excluding steroid dienone is 2. The van der Waals surface area contributed by atoms with Crippen molar-refractivity contribution in [1.29, 1.82) is 0 Å². The SMILES string of the molecule is COc1cc(/C=C/C(=O)OCCON(O)O)ccc1OC(=O)CNC(=O)CCC/C=C\C[C@@H]1[C@@H](/C=C/[C@@H](O)COc2cccc(C(F)(F)F)c2)[C@H](O)C[C@@H]1O. The lowest BCUT2D eigenvalue weighted by Gasteiger charge is -2.19. The third-order valence-corrected chi connectivity index (χ3v) is 8.19. The molecule has 0 radical (unpaired) electrons. The van der Waals surface area contributed by atoms with Gasteiger partial charge in [-0.2, -0.15) is 13.2 Å². The van der Waals surface area contributed by atoms with Crippen LogP contribution in [-0.2, 0) is 30.1 Å². The first-order chi connectivity index (χ1) is 26.2. The predicted molar refractivity (Wildman–Crippen MR) is 186 cm³/mol. The molecule has 2 aromatic carbocycles. The highest BCUT2D eigenvalue weighted by Gasteiger charge is 2.39. The second-order valence-corrected chi connectivity index (χ2v) is 12.2. The molecule has 0 saturated heterocycles. The Morgan fingerprint density at radius 2 is 1.82 bits per heavy atom. The summed E-state index contributed by atoms with van der Waals surface area (Å²) in [6, 6.07) is 8.78. The average molecular weight is 783 g/mol. The highest BCUT2D eigenvalue weighted by Crippen LogP contribution is 2.36. The highest BCUT2D eigenvalue weighted by atomic mass is 19.4. The zero-order chi connectivity index (χ0) is 40.4. The van der Waals surface area contributed by atoms with Crippen molar-refractivity contribution in [3.05, 3.63) is 84.0 Å². The lowest BCUT2D eigenvalue weighted by atomic mass is 9.89. The number of unbranched alkanes of at least 4 members (excludes halogenated alkanes) is 1. The minimum absolute atomic E-state index is 0.0525. The number of halogens is 3. The molecular formula is C37H45F3N2O13. The van der Waals surface area contributed by atoms with E-state index >= 15 is 0 Å². The van der Waals surface area contributed by atoms with Crippen LogP contribution in [0.1, 0.15) is 43.2 Å². The third kappa shape index (κ3) is 16.2. The van der Waals surface area contributed by atoms with Gasteiger partial charge >= 0.3 is 18.1 Å². The van der Waals surface area contributed by atoms with Crippen molar-refractivity contribution in [1.82, 2.24) is 10.7 Å². The highest BCUT2D eigenvalue weighted by molar-refractivity contribution is 5.87. The first kappa shape index (κ1) is 44.6. The number of nitrogens with zero attached hydrogens (tertiary/aromatic N) is 1. The Balaban J connectivity index is 1.36. The minimum Gasteiger partial charge on any atom is -0.493 e. The van der Waals surface area contributed by atoms with Gasteiger partial charge in [0, 0.05) is 24.8 Å². The van der Waals surface area contributed by atoms with E-state index in [1.54, 1.807) is 12.1 Å². The Morgan fingerprint density at radius 1 is 1.04 bits per heavy atom. The van der Waals surface area contributed by atoms with Gasteiger partial charge in [0.15, 0.2) is 11.5 Å². The smallest absolute Gasteiger partial charge is 0.416 e. The Morgan fingerprint density at radius 3 is 2.55 bits per heavy atom. The maximum Gasteiger partial charge on any atom is 0.416 e. The van der Waals surface area contributed by atoms with E-state index in [0.29, 0.717) is 24.8 Å². The molecule has 3 rings (SSSR count). The molecular weight excluding hydrogens is 737 g/mol. The van der Waals surface area contributed by atoms with E-state index in [9.17, 15) is 42.9 Å². The van der Waals surface area contributed by atoms with E-state index in [1.165, 1.54) is 43.5 Å². The Kier molecular flexibility index (Phi) is 18.3. The summed E-state index contributed by atoms with van der Waals surface area (Å²) in [4.78, 5) is 40.7. The van der Waals surface area contributed by atoms with Crippen LogP contribution in [0.25, 0.3) is 6.08 Å². The fourth-order valence-electron chi connectivity index (χ4n) is 5.48. The van der Waals surface area contributed by atoms with Crippen molar-refractivity contribution in [3.63, 3.8) is 0 Å². The lowest BCUT2D eigenvalue weighted by molar-refractivity contribution is -0.493. The van der Waals surface area contributed by atoms with Crippen LogP contribution >= 0.6 is 0 Å². The number of amides is 1. The molecule has 1 aliphatic carbocycles. The summed E-state index contributed by atoms with van der Waals surface area (Å²) in [6.07, 6.45) is 3.44. The first-order valence-corrected chi connectivity index (χ1v) is 17.1. The summed E-state index contributed by atoms with van der Waals surface area (Å²) < 4.78 is 59.4. The van der Waals surface area contributed by atoms with Crippen molar-refractivity contribution >= 4 is 23.9 Å². The number of hydrogen-bond acceptors (Lipinski definition) is 14. The number of esters is 2. The molecule has 1 saturated carbocycles. The first-order valence-electron chi connectivity index (χ1n) is 17.1. The number of carbonyl (C=O) groups is 3. The molecule has 2 aromatic rings. The van der Waals surface area contributed by atoms with Gasteiger partial charge in [0.05, 0.1) is 30.3 Å². The van der Waals surface area contributed by atoms with Gasteiger partial charge in [-0.1, -0.05) is 36.4 Å². The zero-order valence-electron chi connectivity index (χ0n) is 29.8. The van der Waals surface area contributed by atoms with Crippen LogP contribution in [0.2, 0.25) is 0 Å². The third-order valence-electron chi connectivity index (χ3n) is 8.19. The summed E-state index contributed by atoms with van der Waals surface area (Å²) in [5.74, 6) is -2.48. The molecule has 0 aromatic heterocycles. The Bertz CT molecular complexity index is 1630. The normalized spacial score (nSPS) is 19.3. The van der Waals surface area contributed by atoms with Crippen LogP contribution in [0.5, 0.6) is 17.2 Å². The van der Waals surface area contributed by atoms with Crippen molar-refractivity contribution in [3.8, 4) is 17.2 Å². The number of ether oxygens (including phenoxy) is 4. The summed E-state index contributed by atoms with van der Waals surface area (Å²) in [5.41, 5.74) is -0.364. The molecule has 1 amide bonds. The van der Waals surface area contributed by atoms with Gasteiger partial charge in [-0.25, -0.2) is 14.4 Å². The summed E-state index contributed by atoms with van der Waals surface area (Å²) >= 11 is 0. The molecule has 1 aliphatic rings. The molecule has 0 unspecified atom stereocenters. The number of aliphatic hydroxyl groups is 3. The quantitative estimate of drug-likeness (QED) is 0.0266. The number of aliphatic hydroxyl groups excluding tert-OH is 3. The summed E-state index contributed by atoms with van der Waals surface area (Å²) in [7, 11) is 1.35. The van der Waals surface area contributed by atoms with E-state index in [4.69, 9.17) is 29.4 Å². The predicted octanol–water partition coefficient (Wildman–Crippen LogP) is 3.77. The minimum atomic E-state index is -4.53.